The van der Waals surface area contributed by atoms with E-state index in [1.54, 1.807) is 7.11 Å². The van der Waals surface area contributed by atoms with Gasteiger partial charge in [-0.15, -0.1) is 0 Å². The van der Waals surface area contributed by atoms with E-state index in [0.717, 1.165) is 3.58 Å². The van der Waals surface area contributed by atoms with Gasteiger partial charge in [0.25, 0.3) is 0 Å². The predicted molar refractivity (Wildman–Crippen MR) is 47.9 cm³/mol. The molecule has 1 aliphatic rings. The lowest BCUT2D eigenvalue weighted by Gasteiger charge is -2.02. The summed E-state index contributed by atoms with van der Waals surface area (Å²) in [6.45, 7) is 1.93. The highest BCUT2D eigenvalue weighted by atomic mass is 127. The summed E-state index contributed by atoms with van der Waals surface area (Å²) in [5.41, 5.74) is 0. The Morgan fingerprint density at radius 2 is 2.30 bits per heavy atom. The van der Waals surface area contributed by atoms with E-state index in [2.05, 4.69) is 22.6 Å². The zero-order chi connectivity index (χ0) is 7.72. The summed E-state index contributed by atoms with van der Waals surface area (Å²) in [7, 11) is 1.57. The molecule has 0 radical (unpaired) electrons. The fraction of sp³-hybridized carbons (Fsp3) is 0.429. The number of aliphatic hydroxyl groups excluding tert-OH is 1. The van der Waals surface area contributed by atoms with Crippen LogP contribution in [-0.2, 0) is 4.74 Å². The number of aliphatic hydroxyl groups is 1. The first-order valence-electron chi connectivity index (χ1n) is 3.01. The Kier molecular flexibility index (Phi) is 2.23. The average molecular weight is 252 g/mol. The summed E-state index contributed by atoms with van der Waals surface area (Å²) >= 11 is 2.14. The molecule has 1 atom stereocenters. The Bertz CT molecular complexity index is 206. The lowest BCUT2D eigenvalue weighted by molar-refractivity contribution is 0.260. The Balaban J connectivity index is 2.94. The normalized spacial score (nSPS) is 25.1. The number of hydrogen-bond acceptors (Lipinski definition) is 2. The molecular formula is C7H9IO2. The third-order valence-electron chi connectivity index (χ3n) is 1.48. The number of methoxy groups -OCH3 is 1. The third-order valence-corrected chi connectivity index (χ3v) is 2.33. The molecule has 0 heterocycles. The van der Waals surface area contributed by atoms with Gasteiger partial charge in [-0.25, -0.2) is 0 Å². The van der Waals surface area contributed by atoms with Gasteiger partial charge in [0.2, 0.25) is 0 Å². The second-order valence-electron chi connectivity index (χ2n) is 2.22. The van der Waals surface area contributed by atoms with E-state index >= 15 is 0 Å². The maximum absolute atomic E-state index is 9.33. The van der Waals surface area contributed by atoms with Crippen molar-refractivity contribution in [3.05, 3.63) is 21.2 Å². The summed E-state index contributed by atoms with van der Waals surface area (Å²) in [5, 5.41) is 9.33. The second kappa shape index (κ2) is 2.82. The summed E-state index contributed by atoms with van der Waals surface area (Å²) in [5.74, 6) is 1.07. The summed E-state index contributed by atoms with van der Waals surface area (Å²) < 4.78 is 5.95. The van der Waals surface area contributed by atoms with E-state index in [1.807, 2.05) is 13.0 Å². The van der Waals surface area contributed by atoms with Crippen LogP contribution in [0.4, 0.5) is 0 Å². The SMILES string of the molecule is COC1=C(O)[C@H](C)C=C1I. The van der Waals surface area contributed by atoms with Crippen LogP contribution in [0.1, 0.15) is 6.92 Å². The molecule has 56 valence electrons. The summed E-state index contributed by atoms with van der Waals surface area (Å²) in [6, 6.07) is 0. The molecule has 0 bridgehead atoms. The van der Waals surface area contributed by atoms with Gasteiger partial charge in [0.05, 0.1) is 10.7 Å². The Hall–Kier alpha value is -0.190. The van der Waals surface area contributed by atoms with Gasteiger partial charge in [-0.05, 0) is 22.6 Å². The first-order chi connectivity index (χ1) is 4.66. The minimum absolute atomic E-state index is 0.113. The molecule has 3 heteroatoms. The molecule has 0 aromatic carbocycles. The molecule has 0 amide bonds. The van der Waals surface area contributed by atoms with Crippen molar-refractivity contribution in [2.45, 2.75) is 6.92 Å². The van der Waals surface area contributed by atoms with Crippen molar-refractivity contribution in [2.24, 2.45) is 5.92 Å². The van der Waals surface area contributed by atoms with Crippen molar-refractivity contribution < 1.29 is 9.84 Å². The topological polar surface area (TPSA) is 29.5 Å². The van der Waals surface area contributed by atoms with Crippen molar-refractivity contribution >= 4 is 22.6 Å². The lowest BCUT2D eigenvalue weighted by atomic mass is 10.2. The van der Waals surface area contributed by atoms with Gasteiger partial charge in [-0.3, -0.25) is 0 Å². The van der Waals surface area contributed by atoms with Crippen LogP contribution in [0.25, 0.3) is 0 Å². The molecule has 0 unspecified atom stereocenters. The summed E-state index contributed by atoms with van der Waals surface area (Å²) in [4.78, 5) is 0. The quantitative estimate of drug-likeness (QED) is 0.726. The fourth-order valence-electron chi connectivity index (χ4n) is 0.905. The molecule has 1 rings (SSSR count). The van der Waals surface area contributed by atoms with E-state index < -0.39 is 0 Å². The molecule has 0 aromatic rings. The number of halogens is 1. The fourth-order valence-corrected chi connectivity index (χ4v) is 1.94. The van der Waals surface area contributed by atoms with Crippen LogP contribution in [-0.4, -0.2) is 12.2 Å². The van der Waals surface area contributed by atoms with Crippen molar-refractivity contribution in [1.82, 2.24) is 0 Å². The molecule has 2 nitrogen and oxygen atoms in total. The van der Waals surface area contributed by atoms with Crippen LogP contribution >= 0.6 is 22.6 Å². The van der Waals surface area contributed by atoms with Crippen molar-refractivity contribution in [3.63, 3.8) is 0 Å². The first kappa shape index (κ1) is 7.91. The van der Waals surface area contributed by atoms with E-state index in [1.165, 1.54) is 0 Å². The molecule has 0 saturated carbocycles. The number of ether oxygens (including phenoxy) is 1. The van der Waals surface area contributed by atoms with Crippen LogP contribution in [0.5, 0.6) is 0 Å². The summed E-state index contributed by atoms with van der Waals surface area (Å²) in [6.07, 6.45) is 1.97. The van der Waals surface area contributed by atoms with E-state index in [9.17, 15) is 5.11 Å². The predicted octanol–water partition coefficient (Wildman–Crippen LogP) is 2.37. The van der Waals surface area contributed by atoms with Gasteiger partial charge in [-0.1, -0.05) is 13.0 Å². The Morgan fingerprint density at radius 1 is 1.70 bits per heavy atom. The number of allylic oxidation sites excluding steroid dienone is 2. The van der Waals surface area contributed by atoms with Gasteiger partial charge in [-0.2, -0.15) is 0 Å². The Morgan fingerprint density at radius 3 is 2.50 bits per heavy atom. The van der Waals surface area contributed by atoms with Crippen LogP contribution < -0.4 is 0 Å². The van der Waals surface area contributed by atoms with Crippen molar-refractivity contribution in [1.29, 1.82) is 0 Å². The molecule has 1 aliphatic carbocycles. The lowest BCUT2D eigenvalue weighted by Crippen LogP contribution is -1.93. The molecule has 0 aliphatic heterocycles. The van der Waals surface area contributed by atoms with Crippen molar-refractivity contribution in [3.8, 4) is 0 Å². The minimum Gasteiger partial charge on any atom is -0.508 e. The molecule has 1 N–H and O–H groups in total. The monoisotopic (exact) mass is 252 g/mol. The van der Waals surface area contributed by atoms with Crippen LogP contribution in [0.3, 0.4) is 0 Å². The average Bonchev–Trinajstić information content (AvgIpc) is 2.09. The van der Waals surface area contributed by atoms with Gasteiger partial charge in [0.15, 0.2) is 5.76 Å². The van der Waals surface area contributed by atoms with Gasteiger partial charge >= 0.3 is 0 Å². The van der Waals surface area contributed by atoms with Crippen LogP contribution in [0.2, 0.25) is 0 Å². The number of rotatable bonds is 1. The zero-order valence-electron chi connectivity index (χ0n) is 5.89. The van der Waals surface area contributed by atoms with E-state index in [0.29, 0.717) is 11.5 Å². The smallest absolute Gasteiger partial charge is 0.169 e. The molecule has 0 spiro atoms. The highest BCUT2D eigenvalue weighted by molar-refractivity contribution is 14.1. The van der Waals surface area contributed by atoms with Crippen molar-refractivity contribution in [2.75, 3.05) is 7.11 Å². The van der Waals surface area contributed by atoms with Crippen LogP contribution in [0.15, 0.2) is 21.2 Å². The Labute approximate surface area is 73.7 Å². The van der Waals surface area contributed by atoms with Crippen LogP contribution in [0, 0.1) is 5.92 Å². The highest BCUT2D eigenvalue weighted by Gasteiger charge is 2.21. The molecule has 0 fully saturated rings. The third kappa shape index (κ3) is 1.14. The van der Waals surface area contributed by atoms with E-state index in [-0.39, 0.29) is 5.92 Å². The molecular weight excluding hydrogens is 243 g/mol. The van der Waals surface area contributed by atoms with Gasteiger partial charge in [0, 0.05) is 5.92 Å². The molecule has 10 heavy (non-hydrogen) atoms. The number of hydrogen-bond donors (Lipinski definition) is 1. The zero-order valence-corrected chi connectivity index (χ0v) is 8.05. The van der Waals surface area contributed by atoms with E-state index in [4.69, 9.17) is 4.74 Å². The maximum Gasteiger partial charge on any atom is 0.169 e. The molecule has 0 saturated heterocycles. The van der Waals surface area contributed by atoms with Gasteiger partial charge < -0.3 is 9.84 Å². The first-order valence-corrected chi connectivity index (χ1v) is 4.09. The van der Waals surface area contributed by atoms with Gasteiger partial charge in [0.1, 0.15) is 5.76 Å². The maximum atomic E-state index is 9.33. The second-order valence-corrected chi connectivity index (χ2v) is 3.38. The largest absolute Gasteiger partial charge is 0.508 e. The minimum atomic E-state index is 0.113. The standard InChI is InChI=1S/C7H9IO2/c1-4-3-5(8)7(10-2)6(4)9/h3-4,9H,1-2H3/t4-/m1/s1. The highest BCUT2D eigenvalue weighted by Crippen LogP contribution is 2.33. The molecule has 0 aromatic heterocycles.